The van der Waals surface area contributed by atoms with Crippen LogP contribution in [0.4, 0.5) is 0 Å². The van der Waals surface area contributed by atoms with Crippen LogP contribution in [0.15, 0.2) is 24.3 Å². The molecule has 2 atom stereocenters. The minimum atomic E-state index is -0.571. The summed E-state index contributed by atoms with van der Waals surface area (Å²) in [6, 6.07) is 6.72. The summed E-state index contributed by atoms with van der Waals surface area (Å²) < 4.78 is 0. The number of aliphatic hydroxyl groups is 1. The van der Waals surface area contributed by atoms with E-state index in [1.54, 1.807) is 17.0 Å². The number of amides is 2. The van der Waals surface area contributed by atoms with Crippen molar-refractivity contribution in [1.29, 1.82) is 0 Å². The summed E-state index contributed by atoms with van der Waals surface area (Å²) in [6.07, 6.45) is 0.145. The number of carbonyl (C=O) groups is 2. The number of rotatable bonds is 4. The van der Waals surface area contributed by atoms with Gasteiger partial charge in [-0.1, -0.05) is 31.5 Å². The topological polar surface area (TPSA) is 69.6 Å². The van der Waals surface area contributed by atoms with Gasteiger partial charge in [0.15, 0.2) is 0 Å². The molecular weight excluding hydrogens is 280 g/mol. The Kier molecular flexibility index (Phi) is 5.19. The molecule has 1 aromatic rings. The fourth-order valence-electron chi connectivity index (χ4n) is 2.66. The first kappa shape index (κ1) is 16.5. The SMILES string of the molecule is Cc1cccc(C(=O)NC(C(=O)N2CC[C@H](O)C2)C(C)C)c1. The summed E-state index contributed by atoms with van der Waals surface area (Å²) in [5, 5.41) is 12.4. The van der Waals surface area contributed by atoms with E-state index in [1.165, 1.54) is 0 Å². The maximum absolute atomic E-state index is 12.6. The van der Waals surface area contributed by atoms with Gasteiger partial charge < -0.3 is 15.3 Å². The standard InChI is InChI=1S/C17H24N2O3/c1-11(2)15(17(22)19-8-7-14(20)10-19)18-16(21)13-6-4-5-12(3)9-13/h4-6,9,11,14-15,20H,7-8,10H2,1-3H3,(H,18,21)/t14-,15?/m0/s1. The zero-order valence-corrected chi connectivity index (χ0v) is 13.4. The average molecular weight is 304 g/mol. The Morgan fingerprint density at radius 3 is 2.64 bits per heavy atom. The first-order valence-electron chi connectivity index (χ1n) is 7.73. The molecular formula is C17H24N2O3. The predicted molar refractivity (Wildman–Crippen MR) is 84.5 cm³/mol. The van der Waals surface area contributed by atoms with Crippen molar-refractivity contribution in [3.63, 3.8) is 0 Å². The second-order valence-corrected chi connectivity index (χ2v) is 6.29. The fourth-order valence-corrected chi connectivity index (χ4v) is 2.66. The number of carbonyl (C=O) groups excluding carboxylic acids is 2. The van der Waals surface area contributed by atoms with Gasteiger partial charge in [-0.2, -0.15) is 0 Å². The normalized spacial score (nSPS) is 19.3. The number of nitrogens with zero attached hydrogens (tertiary/aromatic N) is 1. The maximum Gasteiger partial charge on any atom is 0.251 e. The van der Waals surface area contributed by atoms with Crippen LogP contribution in [0.5, 0.6) is 0 Å². The highest BCUT2D eigenvalue weighted by molar-refractivity contribution is 5.97. The first-order valence-corrected chi connectivity index (χ1v) is 7.73. The van der Waals surface area contributed by atoms with Gasteiger partial charge >= 0.3 is 0 Å². The first-order chi connectivity index (χ1) is 10.4. The molecule has 1 fully saturated rings. The molecule has 2 N–H and O–H groups in total. The van der Waals surface area contributed by atoms with E-state index in [9.17, 15) is 14.7 Å². The zero-order valence-electron chi connectivity index (χ0n) is 13.4. The summed E-state index contributed by atoms with van der Waals surface area (Å²) in [5.74, 6) is -0.373. The van der Waals surface area contributed by atoms with E-state index in [-0.39, 0.29) is 17.7 Å². The second-order valence-electron chi connectivity index (χ2n) is 6.29. The number of hydrogen-bond donors (Lipinski definition) is 2. The van der Waals surface area contributed by atoms with Crippen LogP contribution < -0.4 is 5.32 Å². The summed E-state index contributed by atoms with van der Waals surface area (Å²) in [6.45, 7) is 6.64. The van der Waals surface area contributed by atoms with Crippen molar-refractivity contribution < 1.29 is 14.7 Å². The maximum atomic E-state index is 12.6. The Labute approximate surface area is 131 Å². The Morgan fingerprint density at radius 2 is 2.09 bits per heavy atom. The van der Waals surface area contributed by atoms with E-state index in [0.717, 1.165) is 5.56 Å². The molecule has 22 heavy (non-hydrogen) atoms. The van der Waals surface area contributed by atoms with Crippen LogP contribution in [-0.4, -0.2) is 47.1 Å². The molecule has 0 radical (unpaired) electrons. The van der Waals surface area contributed by atoms with Crippen molar-refractivity contribution in [2.24, 2.45) is 5.92 Å². The van der Waals surface area contributed by atoms with Gasteiger partial charge in [-0.15, -0.1) is 0 Å². The number of nitrogens with one attached hydrogen (secondary N) is 1. The Hall–Kier alpha value is -1.88. The lowest BCUT2D eigenvalue weighted by molar-refractivity contribution is -0.133. The largest absolute Gasteiger partial charge is 0.391 e. The van der Waals surface area contributed by atoms with Gasteiger partial charge in [0.05, 0.1) is 6.10 Å². The fraction of sp³-hybridized carbons (Fsp3) is 0.529. The Morgan fingerprint density at radius 1 is 1.36 bits per heavy atom. The van der Waals surface area contributed by atoms with Crippen molar-refractivity contribution in [2.75, 3.05) is 13.1 Å². The minimum Gasteiger partial charge on any atom is -0.391 e. The van der Waals surface area contributed by atoms with E-state index in [0.29, 0.717) is 25.1 Å². The number of benzene rings is 1. The molecule has 1 aromatic carbocycles. The lowest BCUT2D eigenvalue weighted by Crippen LogP contribution is -2.50. The lowest BCUT2D eigenvalue weighted by Gasteiger charge is -2.26. The third-order valence-electron chi connectivity index (χ3n) is 3.97. The van der Waals surface area contributed by atoms with Crippen LogP contribution in [0.1, 0.15) is 36.2 Å². The summed E-state index contributed by atoms with van der Waals surface area (Å²) in [5.41, 5.74) is 1.56. The van der Waals surface area contributed by atoms with Gasteiger partial charge in [-0.25, -0.2) is 0 Å². The van der Waals surface area contributed by atoms with Crippen LogP contribution in [0.3, 0.4) is 0 Å². The molecule has 120 valence electrons. The van der Waals surface area contributed by atoms with Gasteiger partial charge in [0.2, 0.25) is 5.91 Å². The monoisotopic (exact) mass is 304 g/mol. The van der Waals surface area contributed by atoms with Gasteiger partial charge in [-0.3, -0.25) is 9.59 Å². The van der Waals surface area contributed by atoms with Crippen molar-refractivity contribution >= 4 is 11.8 Å². The van der Waals surface area contributed by atoms with E-state index < -0.39 is 12.1 Å². The average Bonchev–Trinajstić information content (AvgIpc) is 2.90. The highest BCUT2D eigenvalue weighted by atomic mass is 16.3. The summed E-state index contributed by atoms with van der Waals surface area (Å²) in [7, 11) is 0. The number of aliphatic hydroxyl groups excluding tert-OH is 1. The van der Waals surface area contributed by atoms with Gasteiger partial charge in [0.25, 0.3) is 5.91 Å². The van der Waals surface area contributed by atoms with E-state index in [2.05, 4.69) is 5.32 Å². The molecule has 0 aliphatic carbocycles. The van der Waals surface area contributed by atoms with Crippen LogP contribution in [0.25, 0.3) is 0 Å². The molecule has 1 unspecified atom stereocenters. The molecule has 2 rings (SSSR count). The van der Waals surface area contributed by atoms with Crippen molar-refractivity contribution in [3.8, 4) is 0 Å². The zero-order chi connectivity index (χ0) is 16.3. The molecule has 2 amide bonds. The summed E-state index contributed by atoms with van der Waals surface area (Å²) in [4.78, 5) is 26.6. The molecule has 1 aliphatic heterocycles. The van der Waals surface area contributed by atoms with Gasteiger partial charge in [0.1, 0.15) is 6.04 Å². The van der Waals surface area contributed by atoms with Gasteiger partial charge in [-0.05, 0) is 31.4 Å². The highest BCUT2D eigenvalue weighted by Gasteiger charge is 2.32. The van der Waals surface area contributed by atoms with Crippen LogP contribution in [0.2, 0.25) is 0 Å². The second kappa shape index (κ2) is 6.92. The molecule has 1 heterocycles. The van der Waals surface area contributed by atoms with Gasteiger partial charge in [0, 0.05) is 18.7 Å². The van der Waals surface area contributed by atoms with Crippen molar-refractivity contribution in [2.45, 2.75) is 39.3 Å². The summed E-state index contributed by atoms with van der Waals surface area (Å²) >= 11 is 0. The van der Waals surface area contributed by atoms with Crippen LogP contribution in [-0.2, 0) is 4.79 Å². The Balaban J connectivity index is 2.08. The van der Waals surface area contributed by atoms with E-state index in [4.69, 9.17) is 0 Å². The smallest absolute Gasteiger partial charge is 0.251 e. The predicted octanol–water partition coefficient (Wildman–Crippen LogP) is 1.34. The molecule has 1 aliphatic rings. The third-order valence-corrected chi connectivity index (χ3v) is 3.97. The third kappa shape index (κ3) is 3.85. The van der Waals surface area contributed by atoms with Crippen molar-refractivity contribution in [1.82, 2.24) is 10.2 Å². The number of β-amino-alcohol motifs (C(OH)–C–C–N with tert-alkyl or cyclic N) is 1. The molecule has 5 nitrogen and oxygen atoms in total. The van der Waals surface area contributed by atoms with E-state index >= 15 is 0 Å². The molecule has 0 saturated carbocycles. The number of hydrogen-bond acceptors (Lipinski definition) is 3. The minimum absolute atomic E-state index is 0.0148. The van der Waals surface area contributed by atoms with Crippen LogP contribution in [0, 0.1) is 12.8 Å². The van der Waals surface area contributed by atoms with Crippen molar-refractivity contribution in [3.05, 3.63) is 35.4 Å². The number of likely N-dealkylation sites (tertiary alicyclic amines) is 1. The van der Waals surface area contributed by atoms with E-state index in [1.807, 2.05) is 32.9 Å². The molecule has 0 bridgehead atoms. The molecule has 0 aromatic heterocycles. The highest BCUT2D eigenvalue weighted by Crippen LogP contribution is 2.14. The Bertz CT molecular complexity index is 557. The molecule has 1 saturated heterocycles. The quantitative estimate of drug-likeness (QED) is 0.882. The molecule has 0 spiro atoms. The lowest BCUT2D eigenvalue weighted by atomic mass is 10.0. The molecule has 5 heteroatoms. The van der Waals surface area contributed by atoms with Crippen LogP contribution >= 0.6 is 0 Å². The number of aryl methyl sites for hydroxylation is 1.